The van der Waals surface area contributed by atoms with Gasteiger partial charge in [0, 0.05) is 25.7 Å². The molecular formula is C22H25N3O5. The van der Waals surface area contributed by atoms with Crippen LogP contribution in [0.15, 0.2) is 48.5 Å². The van der Waals surface area contributed by atoms with Crippen LogP contribution in [-0.2, 0) is 9.53 Å². The topological polar surface area (TPSA) is 102 Å². The summed E-state index contributed by atoms with van der Waals surface area (Å²) >= 11 is 0. The van der Waals surface area contributed by atoms with Gasteiger partial charge in [-0.1, -0.05) is 37.3 Å². The van der Waals surface area contributed by atoms with E-state index in [1.807, 2.05) is 42.2 Å². The molecule has 1 heterocycles. The van der Waals surface area contributed by atoms with Gasteiger partial charge in [0.15, 0.2) is 6.61 Å². The first-order chi connectivity index (χ1) is 14.5. The highest BCUT2D eigenvalue weighted by Gasteiger charge is 2.24. The molecule has 1 aliphatic rings. The third kappa shape index (κ3) is 5.34. The second kappa shape index (κ2) is 9.87. The van der Waals surface area contributed by atoms with Gasteiger partial charge in [-0.05, 0) is 36.5 Å². The van der Waals surface area contributed by atoms with Crippen LogP contribution in [0.5, 0.6) is 0 Å². The number of rotatable bonds is 8. The minimum absolute atomic E-state index is 0.0510. The third-order valence-corrected chi connectivity index (χ3v) is 5.16. The van der Waals surface area contributed by atoms with Crippen molar-refractivity contribution in [2.24, 2.45) is 0 Å². The molecule has 1 fully saturated rings. The van der Waals surface area contributed by atoms with Crippen molar-refractivity contribution in [2.75, 3.05) is 31.1 Å². The molecule has 0 aliphatic carbocycles. The molecule has 8 nitrogen and oxygen atoms in total. The third-order valence-electron chi connectivity index (χ3n) is 5.16. The number of nitrogens with one attached hydrogen (secondary N) is 1. The summed E-state index contributed by atoms with van der Waals surface area (Å²) in [7, 11) is 0. The van der Waals surface area contributed by atoms with Crippen LogP contribution in [0.4, 0.5) is 11.4 Å². The minimum atomic E-state index is -0.766. The Morgan fingerprint density at radius 2 is 1.87 bits per heavy atom. The summed E-state index contributed by atoms with van der Waals surface area (Å²) in [5.74, 6) is -1.07. The maximum Gasteiger partial charge on any atom is 0.338 e. The van der Waals surface area contributed by atoms with Gasteiger partial charge in [-0.15, -0.1) is 0 Å². The number of hydrogen-bond donors (Lipinski definition) is 1. The zero-order valence-electron chi connectivity index (χ0n) is 16.9. The van der Waals surface area contributed by atoms with E-state index in [1.54, 1.807) is 6.07 Å². The van der Waals surface area contributed by atoms with Gasteiger partial charge in [0.05, 0.1) is 10.5 Å². The Morgan fingerprint density at radius 3 is 2.53 bits per heavy atom. The van der Waals surface area contributed by atoms with Gasteiger partial charge in [-0.25, -0.2) is 4.79 Å². The second-order valence-corrected chi connectivity index (χ2v) is 7.35. The Balaban J connectivity index is 1.54. The largest absolute Gasteiger partial charge is 0.452 e. The lowest BCUT2D eigenvalue weighted by molar-refractivity contribution is -0.384. The monoisotopic (exact) mass is 411 g/mol. The Bertz CT molecular complexity index is 910. The number of nitro groups is 1. The Morgan fingerprint density at radius 1 is 1.17 bits per heavy atom. The fourth-order valence-electron chi connectivity index (χ4n) is 3.45. The number of amides is 1. The minimum Gasteiger partial charge on any atom is -0.452 e. The summed E-state index contributed by atoms with van der Waals surface area (Å²) in [5, 5.41) is 14.2. The first-order valence-electron chi connectivity index (χ1n) is 9.98. The van der Waals surface area contributed by atoms with E-state index in [4.69, 9.17) is 4.74 Å². The Hall–Kier alpha value is -3.42. The van der Waals surface area contributed by atoms with Crippen LogP contribution in [0, 0.1) is 10.1 Å². The molecule has 2 aromatic carbocycles. The zero-order chi connectivity index (χ0) is 21.5. The van der Waals surface area contributed by atoms with Crippen molar-refractivity contribution in [3.05, 3.63) is 69.8 Å². The molecule has 1 aliphatic heterocycles. The van der Waals surface area contributed by atoms with Crippen LogP contribution < -0.4 is 10.2 Å². The van der Waals surface area contributed by atoms with Crippen LogP contribution in [-0.4, -0.2) is 43.0 Å². The van der Waals surface area contributed by atoms with Crippen molar-refractivity contribution in [3.63, 3.8) is 0 Å². The molecule has 158 valence electrons. The van der Waals surface area contributed by atoms with Crippen molar-refractivity contribution in [1.82, 2.24) is 5.32 Å². The van der Waals surface area contributed by atoms with Gasteiger partial charge in [0.25, 0.3) is 11.6 Å². The Kier molecular flexibility index (Phi) is 7.00. The van der Waals surface area contributed by atoms with Gasteiger partial charge < -0.3 is 15.0 Å². The average molecular weight is 411 g/mol. The standard InChI is InChI=1S/C22H25N3O5/c1-16(17-7-3-2-4-8-17)14-23-21(26)15-30-22(27)18-9-10-19(20(13-18)25(28)29)24-11-5-6-12-24/h2-4,7-10,13,16H,5-6,11-12,14-15H2,1H3,(H,23,26)/t16-/m1/s1. The predicted octanol–water partition coefficient (Wildman–Crippen LogP) is 3.27. The molecule has 1 N–H and O–H groups in total. The summed E-state index contributed by atoms with van der Waals surface area (Å²) < 4.78 is 5.04. The first kappa shape index (κ1) is 21.3. The van der Waals surface area contributed by atoms with Crippen LogP contribution in [0.3, 0.4) is 0 Å². The summed E-state index contributed by atoms with van der Waals surface area (Å²) in [6, 6.07) is 14.0. The van der Waals surface area contributed by atoms with E-state index in [-0.39, 0.29) is 17.2 Å². The van der Waals surface area contributed by atoms with Gasteiger partial charge >= 0.3 is 5.97 Å². The van der Waals surface area contributed by atoms with Crippen LogP contribution >= 0.6 is 0 Å². The molecule has 1 atom stereocenters. The summed E-state index contributed by atoms with van der Waals surface area (Å²) in [6.07, 6.45) is 1.97. The van der Waals surface area contributed by atoms with E-state index < -0.39 is 23.4 Å². The maximum atomic E-state index is 12.3. The SMILES string of the molecule is C[C@H](CNC(=O)COC(=O)c1ccc(N2CCCC2)c([N+](=O)[O-])c1)c1ccccc1. The molecule has 0 aromatic heterocycles. The smallest absolute Gasteiger partial charge is 0.338 e. The normalized spacial score (nSPS) is 14.2. The fourth-order valence-corrected chi connectivity index (χ4v) is 3.45. The van der Waals surface area contributed by atoms with Crippen LogP contribution in [0.2, 0.25) is 0 Å². The van der Waals surface area contributed by atoms with Gasteiger partial charge in [0.1, 0.15) is 5.69 Å². The van der Waals surface area contributed by atoms with Gasteiger partial charge in [-0.3, -0.25) is 14.9 Å². The van der Waals surface area contributed by atoms with E-state index in [9.17, 15) is 19.7 Å². The number of anilines is 1. The first-order valence-corrected chi connectivity index (χ1v) is 9.98. The van der Waals surface area contributed by atoms with Crippen molar-refractivity contribution in [1.29, 1.82) is 0 Å². The van der Waals surface area contributed by atoms with E-state index in [0.717, 1.165) is 31.5 Å². The van der Waals surface area contributed by atoms with Crippen molar-refractivity contribution >= 4 is 23.3 Å². The molecule has 1 amide bonds. The molecular weight excluding hydrogens is 386 g/mol. The Labute approximate surface area is 175 Å². The molecule has 0 bridgehead atoms. The lowest BCUT2D eigenvalue weighted by Crippen LogP contribution is -2.31. The number of carbonyl (C=O) groups excluding carboxylic acids is 2. The highest BCUT2D eigenvalue weighted by atomic mass is 16.6. The van der Waals surface area contributed by atoms with E-state index in [2.05, 4.69) is 5.32 Å². The molecule has 0 saturated carbocycles. The van der Waals surface area contributed by atoms with Gasteiger partial charge in [0.2, 0.25) is 0 Å². The highest BCUT2D eigenvalue weighted by molar-refractivity contribution is 5.93. The van der Waals surface area contributed by atoms with Crippen LogP contribution in [0.25, 0.3) is 0 Å². The predicted molar refractivity (Wildman–Crippen MR) is 113 cm³/mol. The highest BCUT2D eigenvalue weighted by Crippen LogP contribution is 2.31. The lowest BCUT2D eigenvalue weighted by Gasteiger charge is -2.17. The molecule has 3 rings (SSSR count). The van der Waals surface area contributed by atoms with Crippen LogP contribution in [0.1, 0.15) is 41.6 Å². The van der Waals surface area contributed by atoms with Gasteiger partial charge in [-0.2, -0.15) is 0 Å². The summed E-state index contributed by atoms with van der Waals surface area (Å²) in [5.41, 5.74) is 1.52. The number of carbonyl (C=O) groups is 2. The number of esters is 1. The average Bonchev–Trinajstić information content (AvgIpc) is 3.30. The van der Waals surface area contributed by atoms with E-state index in [0.29, 0.717) is 12.2 Å². The van der Waals surface area contributed by atoms with E-state index in [1.165, 1.54) is 12.1 Å². The maximum absolute atomic E-state index is 12.3. The number of nitro benzene ring substituents is 1. The number of benzene rings is 2. The summed E-state index contributed by atoms with van der Waals surface area (Å²) in [4.78, 5) is 37.2. The second-order valence-electron chi connectivity index (χ2n) is 7.35. The molecule has 0 unspecified atom stereocenters. The van der Waals surface area contributed by atoms with Crippen molar-refractivity contribution in [3.8, 4) is 0 Å². The number of hydrogen-bond acceptors (Lipinski definition) is 6. The zero-order valence-corrected chi connectivity index (χ0v) is 16.9. The molecule has 1 saturated heterocycles. The summed E-state index contributed by atoms with van der Waals surface area (Å²) in [6.45, 7) is 3.47. The molecule has 0 radical (unpaired) electrons. The fraction of sp³-hybridized carbons (Fsp3) is 0.364. The van der Waals surface area contributed by atoms with Crippen molar-refractivity contribution < 1.29 is 19.2 Å². The van der Waals surface area contributed by atoms with Crippen molar-refractivity contribution in [2.45, 2.75) is 25.7 Å². The number of nitrogens with zero attached hydrogens (tertiary/aromatic N) is 2. The molecule has 2 aromatic rings. The number of ether oxygens (including phenoxy) is 1. The molecule has 0 spiro atoms. The lowest BCUT2D eigenvalue weighted by atomic mass is 10.0. The molecule has 8 heteroatoms. The quantitative estimate of drug-likeness (QED) is 0.406. The molecule has 30 heavy (non-hydrogen) atoms. The van der Waals surface area contributed by atoms with E-state index >= 15 is 0 Å².